The van der Waals surface area contributed by atoms with Crippen LogP contribution in [0.25, 0.3) is 0 Å². The summed E-state index contributed by atoms with van der Waals surface area (Å²) >= 11 is 0. The molecule has 23 heavy (non-hydrogen) atoms. The number of likely N-dealkylation sites (tertiary alicyclic amines) is 1. The molecule has 1 fully saturated rings. The van der Waals surface area contributed by atoms with E-state index >= 15 is 0 Å². The first-order valence-corrected chi connectivity index (χ1v) is 7.64. The molecule has 0 radical (unpaired) electrons. The van der Waals surface area contributed by atoms with Crippen LogP contribution in [0.1, 0.15) is 44.2 Å². The van der Waals surface area contributed by atoms with Gasteiger partial charge in [0.1, 0.15) is 17.6 Å². The van der Waals surface area contributed by atoms with Gasteiger partial charge in [0, 0.05) is 6.54 Å². The van der Waals surface area contributed by atoms with Crippen LogP contribution in [-0.2, 0) is 9.53 Å². The van der Waals surface area contributed by atoms with Crippen LogP contribution in [0.2, 0.25) is 0 Å². The number of H-pyrrole nitrogens is 1. The zero-order chi connectivity index (χ0) is 17.0. The molecule has 2 N–H and O–H groups in total. The average molecular weight is 318 g/mol. The molecule has 0 saturated carbocycles. The van der Waals surface area contributed by atoms with Gasteiger partial charge in [0.05, 0.1) is 19.3 Å². The zero-order valence-electron chi connectivity index (χ0n) is 13.6. The van der Waals surface area contributed by atoms with Gasteiger partial charge >= 0.3 is 6.09 Å². The van der Waals surface area contributed by atoms with E-state index in [2.05, 4.69) is 25.9 Å². The summed E-state index contributed by atoms with van der Waals surface area (Å²) in [5.74, 6) is 2.99. The Bertz CT molecular complexity index is 617. The van der Waals surface area contributed by atoms with Crippen LogP contribution in [-0.4, -0.2) is 46.6 Å². The Morgan fingerprint density at radius 3 is 2.87 bits per heavy atom. The number of alkyl carbamates (subject to hydrolysis) is 1. The second-order valence-electron chi connectivity index (χ2n) is 5.87. The number of hydrogen-bond acceptors (Lipinski definition) is 4. The van der Waals surface area contributed by atoms with Gasteiger partial charge in [0.2, 0.25) is 5.91 Å². The van der Waals surface area contributed by atoms with Crippen LogP contribution in [0, 0.1) is 18.3 Å². The van der Waals surface area contributed by atoms with E-state index in [0.29, 0.717) is 18.1 Å². The van der Waals surface area contributed by atoms with Crippen molar-refractivity contribution in [1.29, 1.82) is 0 Å². The van der Waals surface area contributed by atoms with Gasteiger partial charge < -0.3 is 19.9 Å². The summed E-state index contributed by atoms with van der Waals surface area (Å²) in [4.78, 5) is 33.5. The molecule has 2 heterocycles. The highest BCUT2D eigenvalue weighted by Gasteiger charge is 2.37. The van der Waals surface area contributed by atoms with Gasteiger partial charge in [-0.25, -0.2) is 9.78 Å². The Balaban J connectivity index is 2.18. The average Bonchev–Trinajstić information content (AvgIpc) is 3.19. The van der Waals surface area contributed by atoms with Crippen molar-refractivity contribution in [2.24, 2.45) is 5.92 Å². The molecule has 1 aliphatic rings. The standard InChI is InChI=1S/C16H22N4O3/c1-5-11-9-17-14(18-11)12-7-6-8-20(12)15(21)13(10(2)3)19-16(22)23-4/h1,9-10,12-13H,6-8H2,2-4H3,(H,17,18)(H,19,22)/t12-,13+/m1/s1. The minimum absolute atomic E-state index is 0.0549. The van der Waals surface area contributed by atoms with Crippen molar-refractivity contribution >= 4 is 12.0 Å². The number of rotatable bonds is 4. The van der Waals surface area contributed by atoms with Crippen molar-refractivity contribution in [2.75, 3.05) is 13.7 Å². The van der Waals surface area contributed by atoms with Crippen molar-refractivity contribution < 1.29 is 14.3 Å². The Labute approximate surface area is 135 Å². The molecule has 1 aliphatic heterocycles. The maximum absolute atomic E-state index is 12.9. The van der Waals surface area contributed by atoms with E-state index < -0.39 is 12.1 Å². The fraction of sp³-hybridized carbons (Fsp3) is 0.562. The van der Waals surface area contributed by atoms with E-state index in [0.717, 1.165) is 12.8 Å². The molecule has 0 aromatic carbocycles. The van der Waals surface area contributed by atoms with Gasteiger partial charge in [-0.2, -0.15) is 0 Å². The van der Waals surface area contributed by atoms with Gasteiger partial charge in [0.25, 0.3) is 0 Å². The second kappa shape index (κ2) is 7.18. The molecule has 2 rings (SSSR count). The normalized spacial score (nSPS) is 18.6. The first-order valence-electron chi connectivity index (χ1n) is 7.64. The summed E-state index contributed by atoms with van der Waals surface area (Å²) in [6.45, 7) is 4.39. The SMILES string of the molecule is C#Cc1cnc([C@H]2CCCN2C(=O)[C@@H](NC(=O)OC)C(C)C)[nH]1. The minimum Gasteiger partial charge on any atom is -0.453 e. The molecular weight excluding hydrogens is 296 g/mol. The Kier molecular flexibility index (Phi) is 5.27. The molecule has 0 bridgehead atoms. The highest BCUT2D eigenvalue weighted by Crippen LogP contribution is 2.31. The van der Waals surface area contributed by atoms with Crippen molar-refractivity contribution in [3.8, 4) is 12.3 Å². The number of amides is 2. The van der Waals surface area contributed by atoms with Gasteiger partial charge in [-0.3, -0.25) is 4.79 Å². The lowest BCUT2D eigenvalue weighted by atomic mass is 10.0. The Morgan fingerprint density at radius 1 is 1.57 bits per heavy atom. The highest BCUT2D eigenvalue weighted by atomic mass is 16.5. The lowest BCUT2D eigenvalue weighted by Crippen LogP contribution is -2.51. The van der Waals surface area contributed by atoms with E-state index in [1.54, 1.807) is 11.1 Å². The summed E-state index contributed by atoms with van der Waals surface area (Å²) in [6, 6.07) is -0.782. The predicted octanol–water partition coefficient (Wildman–Crippen LogP) is 1.44. The number of nitrogens with one attached hydrogen (secondary N) is 2. The van der Waals surface area contributed by atoms with E-state index in [9.17, 15) is 9.59 Å². The molecule has 1 saturated heterocycles. The summed E-state index contributed by atoms with van der Waals surface area (Å²) in [7, 11) is 1.28. The smallest absolute Gasteiger partial charge is 0.407 e. The number of methoxy groups -OCH3 is 1. The monoisotopic (exact) mass is 318 g/mol. The largest absolute Gasteiger partial charge is 0.453 e. The minimum atomic E-state index is -0.634. The number of carbonyl (C=O) groups excluding carboxylic acids is 2. The van der Waals surface area contributed by atoms with Gasteiger partial charge in [-0.05, 0) is 18.8 Å². The number of terminal acetylenes is 1. The quantitative estimate of drug-likeness (QED) is 0.822. The van der Waals surface area contributed by atoms with E-state index in [-0.39, 0.29) is 17.9 Å². The number of ether oxygens (including phenoxy) is 1. The Morgan fingerprint density at radius 2 is 2.30 bits per heavy atom. The van der Waals surface area contributed by atoms with Crippen molar-refractivity contribution in [2.45, 2.75) is 38.8 Å². The molecule has 0 spiro atoms. The Hall–Kier alpha value is -2.49. The summed E-state index contributed by atoms with van der Waals surface area (Å²) < 4.78 is 4.61. The molecule has 2 atom stereocenters. The fourth-order valence-corrected chi connectivity index (χ4v) is 2.77. The van der Waals surface area contributed by atoms with Gasteiger partial charge in [-0.15, -0.1) is 6.42 Å². The van der Waals surface area contributed by atoms with Crippen LogP contribution in [0.5, 0.6) is 0 Å². The third kappa shape index (κ3) is 3.65. The maximum atomic E-state index is 12.9. The van der Waals surface area contributed by atoms with Crippen LogP contribution in [0.15, 0.2) is 6.20 Å². The molecule has 124 valence electrons. The molecule has 0 unspecified atom stereocenters. The summed E-state index contributed by atoms with van der Waals surface area (Å²) in [5, 5.41) is 2.62. The molecule has 7 nitrogen and oxygen atoms in total. The number of imidazole rings is 1. The lowest BCUT2D eigenvalue weighted by molar-refractivity contribution is -0.135. The van der Waals surface area contributed by atoms with E-state index in [4.69, 9.17) is 6.42 Å². The van der Waals surface area contributed by atoms with Crippen molar-refractivity contribution in [3.05, 3.63) is 17.7 Å². The second-order valence-corrected chi connectivity index (χ2v) is 5.87. The molecule has 2 amide bonds. The molecule has 1 aromatic heterocycles. The number of nitrogens with zero attached hydrogens (tertiary/aromatic N) is 2. The van der Waals surface area contributed by atoms with Crippen LogP contribution in [0.3, 0.4) is 0 Å². The fourth-order valence-electron chi connectivity index (χ4n) is 2.77. The van der Waals surface area contributed by atoms with Gasteiger partial charge in [-0.1, -0.05) is 19.8 Å². The van der Waals surface area contributed by atoms with Gasteiger partial charge in [0.15, 0.2) is 0 Å². The van der Waals surface area contributed by atoms with E-state index in [1.807, 2.05) is 13.8 Å². The summed E-state index contributed by atoms with van der Waals surface area (Å²) in [6.07, 6.45) is 8.02. The first kappa shape index (κ1) is 16.9. The van der Waals surface area contributed by atoms with Crippen molar-refractivity contribution in [3.63, 3.8) is 0 Å². The topological polar surface area (TPSA) is 87.3 Å². The molecule has 7 heteroatoms. The van der Waals surface area contributed by atoms with Crippen LogP contribution in [0.4, 0.5) is 4.79 Å². The number of aromatic amines is 1. The molecule has 1 aromatic rings. The van der Waals surface area contributed by atoms with E-state index in [1.165, 1.54) is 7.11 Å². The summed E-state index contributed by atoms with van der Waals surface area (Å²) in [5.41, 5.74) is 0.590. The highest BCUT2D eigenvalue weighted by molar-refractivity contribution is 5.86. The third-order valence-corrected chi connectivity index (χ3v) is 3.99. The van der Waals surface area contributed by atoms with Crippen LogP contribution < -0.4 is 5.32 Å². The number of hydrogen-bond donors (Lipinski definition) is 2. The number of aromatic nitrogens is 2. The lowest BCUT2D eigenvalue weighted by Gasteiger charge is -2.29. The third-order valence-electron chi connectivity index (χ3n) is 3.99. The predicted molar refractivity (Wildman–Crippen MR) is 84.4 cm³/mol. The first-order chi connectivity index (χ1) is 11.0. The molecular formula is C16H22N4O3. The van der Waals surface area contributed by atoms with Crippen molar-refractivity contribution in [1.82, 2.24) is 20.2 Å². The molecule has 0 aliphatic carbocycles. The van der Waals surface area contributed by atoms with Crippen LogP contribution >= 0.6 is 0 Å². The maximum Gasteiger partial charge on any atom is 0.407 e. The zero-order valence-corrected chi connectivity index (χ0v) is 13.6. The number of carbonyl (C=O) groups is 2.